The minimum absolute atomic E-state index is 0.359. The number of aromatic nitrogens is 1. The maximum absolute atomic E-state index is 11.9. The van der Waals surface area contributed by atoms with Crippen LogP contribution in [0.15, 0.2) is 6.07 Å². The Hall–Kier alpha value is -1.05. The Morgan fingerprint density at radius 2 is 2.17 bits per heavy atom. The maximum atomic E-state index is 11.9. The van der Waals surface area contributed by atoms with Gasteiger partial charge in [-0.25, -0.2) is 0 Å². The topological polar surface area (TPSA) is 22.0 Å². The summed E-state index contributed by atoms with van der Waals surface area (Å²) < 4.78 is 2.44. The number of hydrogen-bond donors (Lipinski definition) is 0. The van der Waals surface area contributed by atoms with Crippen molar-refractivity contribution in [2.45, 2.75) is 58.9 Å². The lowest BCUT2D eigenvalue weighted by molar-refractivity contribution is 0.0971. The summed E-state index contributed by atoms with van der Waals surface area (Å²) in [5, 5.41) is 0. The molecule has 1 aromatic heterocycles. The van der Waals surface area contributed by atoms with Crippen molar-refractivity contribution in [1.82, 2.24) is 4.57 Å². The molecule has 0 radical (unpaired) electrons. The smallest absolute Gasteiger partial charge is 0.164 e. The minimum Gasteiger partial charge on any atom is -0.348 e. The molecule has 0 aliphatic heterocycles. The molecule has 0 bridgehead atoms. The van der Waals surface area contributed by atoms with Crippen molar-refractivity contribution in [3.8, 4) is 0 Å². The summed E-state index contributed by atoms with van der Waals surface area (Å²) in [5.41, 5.74) is 3.63. The fraction of sp³-hybridized carbons (Fsp3) is 0.688. The van der Waals surface area contributed by atoms with Crippen molar-refractivity contribution < 1.29 is 4.79 Å². The molecule has 98 valence electrons. The second kappa shape index (κ2) is 4.56. The number of aryl methyl sites for hydroxylation is 1. The molecular weight excluding hydrogens is 222 g/mol. The Labute approximate surface area is 109 Å². The van der Waals surface area contributed by atoms with E-state index in [1.807, 2.05) is 0 Å². The summed E-state index contributed by atoms with van der Waals surface area (Å²) in [7, 11) is 0. The first kappa shape index (κ1) is 12.0. The van der Waals surface area contributed by atoms with Gasteiger partial charge in [0.05, 0.1) is 0 Å². The normalized spacial score (nSPS) is 27.6. The van der Waals surface area contributed by atoms with E-state index in [4.69, 9.17) is 0 Å². The Bertz CT molecular complexity index is 472. The number of nitrogens with zero attached hydrogens (tertiary/aromatic N) is 1. The molecular formula is C16H23NO. The van der Waals surface area contributed by atoms with Crippen LogP contribution in [-0.4, -0.2) is 10.4 Å². The molecule has 18 heavy (non-hydrogen) atoms. The van der Waals surface area contributed by atoms with Crippen LogP contribution >= 0.6 is 0 Å². The fourth-order valence-corrected chi connectivity index (χ4v) is 3.79. The Morgan fingerprint density at radius 1 is 1.33 bits per heavy atom. The lowest BCUT2D eigenvalue weighted by Gasteiger charge is -2.19. The molecule has 2 heteroatoms. The van der Waals surface area contributed by atoms with Crippen molar-refractivity contribution >= 4 is 5.78 Å². The molecule has 0 amide bonds. The maximum Gasteiger partial charge on any atom is 0.164 e. The lowest BCUT2D eigenvalue weighted by atomic mass is 9.96. The van der Waals surface area contributed by atoms with Gasteiger partial charge in [0.25, 0.3) is 0 Å². The van der Waals surface area contributed by atoms with Gasteiger partial charge < -0.3 is 4.57 Å². The molecule has 2 unspecified atom stereocenters. The van der Waals surface area contributed by atoms with Gasteiger partial charge in [-0.1, -0.05) is 13.3 Å². The zero-order valence-electron chi connectivity index (χ0n) is 11.5. The van der Waals surface area contributed by atoms with E-state index in [9.17, 15) is 4.79 Å². The van der Waals surface area contributed by atoms with Gasteiger partial charge >= 0.3 is 0 Å². The van der Waals surface area contributed by atoms with Crippen LogP contribution in [0, 0.1) is 18.8 Å². The van der Waals surface area contributed by atoms with Gasteiger partial charge in [0, 0.05) is 29.9 Å². The third-order valence-electron chi connectivity index (χ3n) is 4.78. The summed E-state index contributed by atoms with van der Waals surface area (Å²) in [5.74, 6) is 2.08. The van der Waals surface area contributed by atoms with Gasteiger partial charge in [0.2, 0.25) is 0 Å². The first-order valence-electron chi connectivity index (χ1n) is 7.37. The zero-order valence-corrected chi connectivity index (χ0v) is 11.5. The average Bonchev–Trinajstić information content (AvgIpc) is 2.87. The highest BCUT2D eigenvalue weighted by atomic mass is 16.1. The van der Waals surface area contributed by atoms with E-state index >= 15 is 0 Å². The fourth-order valence-electron chi connectivity index (χ4n) is 3.79. The molecule has 1 aromatic rings. The molecule has 2 aliphatic carbocycles. The molecule has 2 atom stereocenters. The van der Waals surface area contributed by atoms with Crippen LogP contribution in [0.5, 0.6) is 0 Å². The van der Waals surface area contributed by atoms with Crippen LogP contribution in [0.4, 0.5) is 0 Å². The number of fused-ring (bicyclic) bond motifs is 1. The molecule has 3 rings (SSSR count). The third-order valence-corrected chi connectivity index (χ3v) is 4.78. The summed E-state index contributed by atoms with van der Waals surface area (Å²) in [6, 6.07) is 2.12. The van der Waals surface area contributed by atoms with E-state index in [-0.39, 0.29) is 0 Å². The summed E-state index contributed by atoms with van der Waals surface area (Å²) in [6.07, 6.45) is 6.98. The Kier molecular flexibility index (Phi) is 3.04. The molecule has 2 aliphatic rings. The van der Waals surface area contributed by atoms with Gasteiger partial charge in [0.1, 0.15) is 0 Å². The van der Waals surface area contributed by atoms with Crippen LogP contribution in [0.1, 0.15) is 60.8 Å². The summed E-state index contributed by atoms with van der Waals surface area (Å²) in [4.78, 5) is 11.9. The van der Waals surface area contributed by atoms with Crippen LogP contribution < -0.4 is 0 Å². The van der Waals surface area contributed by atoms with E-state index in [1.54, 1.807) is 0 Å². The van der Waals surface area contributed by atoms with Crippen molar-refractivity contribution in [3.05, 3.63) is 23.0 Å². The number of carbonyl (C=O) groups excluding carboxylic acids is 1. The van der Waals surface area contributed by atoms with Crippen LogP contribution in [0.2, 0.25) is 0 Å². The van der Waals surface area contributed by atoms with Crippen molar-refractivity contribution in [1.29, 1.82) is 0 Å². The summed E-state index contributed by atoms with van der Waals surface area (Å²) >= 11 is 0. The molecule has 0 spiro atoms. The SMILES string of the molecule is Cc1cc2c(n1CC1CCC(C)C1)CCCC2=O. The molecule has 2 nitrogen and oxygen atoms in total. The minimum atomic E-state index is 0.359. The molecule has 0 N–H and O–H groups in total. The van der Waals surface area contributed by atoms with Crippen molar-refractivity contribution in [2.24, 2.45) is 11.8 Å². The third kappa shape index (κ3) is 2.02. The van der Waals surface area contributed by atoms with E-state index in [0.29, 0.717) is 5.78 Å². The molecule has 0 aromatic carbocycles. The van der Waals surface area contributed by atoms with Gasteiger partial charge in [-0.2, -0.15) is 0 Å². The average molecular weight is 245 g/mol. The van der Waals surface area contributed by atoms with Crippen LogP contribution in [0.3, 0.4) is 0 Å². The largest absolute Gasteiger partial charge is 0.348 e. The number of rotatable bonds is 2. The predicted octanol–water partition coefficient (Wildman–Crippen LogP) is 3.75. The van der Waals surface area contributed by atoms with Crippen LogP contribution in [-0.2, 0) is 13.0 Å². The van der Waals surface area contributed by atoms with Gasteiger partial charge in [0.15, 0.2) is 5.78 Å². The monoisotopic (exact) mass is 245 g/mol. The predicted molar refractivity (Wildman–Crippen MR) is 72.9 cm³/mol. The van der Waals surface area contributed by atoms with E-state index in [2.05, 4.69) is 24.5 Å². The standard InChI is InChI=1S/C16H23NO/c1-11-6-7-13(8-11)10-17-12(2)9-14-15(17)4-3-5-16(14)18/h9,11,13H,3-8,10H2,1-2H3. The van der Waals surface area contributed by atoms with Crippen molar-refractivity contribution in [2.75, 3.05) is 0 Å². The highest BCUT2D eigenvalue weighted by molar-refractivity contribution is 5.98. The Morgan fingerprint density at radius 3 is 2.89 bits per heavy atom. The first-order chi connectivity index (χ1) is 8.65. The molecule has 1 heterocycles. The lowest BCUT2D eigenvalue weighted by Crippen LogP contribution is -2.16. The van der Waals surface area contributed by atoms with Gasteiger partial charge in [-0.15, -0.1) is 0 Å². The molecule has 0 saturated heterocycles. The Balaban J connectivity index is 1.86. The van der Waals surface area contributed by atoms with Crippen molar-refractivity contribution in [3.63, 3.8) is 0 Å². The number of ketones is 1. The highest BCUT2D eigenvalue weighted by Crippen LogP contribution is 2.33. The molecule has 1 fully saturated rings. The molecule has 1 saturated carbocycles. The number of carbonyl (C=O) groups is 1. The van der Waals surface area contributed by atoms with Crippen LogP contribution in [0.25, 0.3) is 0 Å². The second-order valence-corrected chi connectivity index (χ2v) is 6.32. The van der Waals surface area contributed by atoms with E-state index < -0.39 is 0 Å². The highest BCUT2D eigenvalue weighted by Gasteiger charge is 2.26. The van der Waals surface area contributed by atoms with Gasteiger partial charge in [-0.3, -0.25) is 4.79 Å². The van der Waals surface area contributed by atoms with Gasteiger partial charge in [-0.05, 0) is 50.5 Å². The second-order valence-electron chi connectivity index (χ2n) is 6.32. The van der Waals surface area contributed by atoms with E-state index in [1.165, 1.54) is 30.7 Å². The van der Waals surface area contributed by atoms with E-state index in [0.717, 1.165) is 43.2 Å². The number of Topliss-reactive ketones (excluding diaryl/α,β-unsaturated/α-hetero) is 1. The summed E-state index contributed by atoms with van der Waals surface area (Å²) in [6.45, 7) is 5.66. The quantitative estimate of drug-likeness (QED) is 0.777. The first-order valence-corrected chi connectivity index (χ1v) is 7.37. The zero-order chi connectivity index (χ0) is 12.7. The number of hydrogen-bond acceptors (Lipinski definition) is 1.